The number of nitrogens with one attached hydrogen (secondary N) is 1. The number of carboxylic acids is 1. The van der Waals surface area contributed by atoms with Crippen LogP contribution in [0.25, 0.3) is 12.4 Å². The van der Waals surface area contributed by atoms with E-state index in [0.29, 0.717) is 5.22 Å². The molecule has 4 nitrogen and oxygen atoms in total. The molecule has 0 amide bonds. The molecule has 0 atom stereocenters. The fourth-order valence-electron chi connectivity index (χ4n) is 1.32. The smallest absolute Gasteiger partial charge is 0.336 e. The summed E-state index contributed by atoms with van der Waals surface area (Å²) in [7, 11) is 0. The summed E-state index contributed by atoms with van der Waals surface area (Å²) >= 11 is 0. The number of hydrogen-bond acceptors (Lipinski definition) is 3. The van der Waals surface area contributed by atoms with E-state index >= 15 is 0 Å². The summed E-state index contributed by atoms with van der Waals surface area (Å²) in [6, 6.07) is 5.09. The van der Waals surface area contributed by atoms with Crippen LogP contribution in [0.4, 0.5) is 0 Å². The maximum absolute atomic E-state index is 10.9. The average Bonchev–Trinajstić information content (AvgIpc) is 2.41. The average molecular weight is 188 g/mol. The van der Waals surface area contributed by atoms with Crippen molar-refractivity contribution in [2.45, 2.75) is 0 Å². The molecule has 0 fully saturated rings. The van der Waals surface area contributed by atoms with E-state index in [1.54, 1.807) is 24.5 Å². The number of benzene rings is 1. The van der Waals surface area contributed by atoms with Gasteiger partial charge in [0.05, 0.1) is 11.9 Å². The fraction of sp³-hybridized carbons (Fsp3) is 0. The molecule has 1 heterocycles. The zero-order valence-corrected chi connectivity index (χ0v) is 7.27. The van der Waals surface area contributed by atoms with E-state index in [1.807, 2.05) is 6.07 Å². The lowest BCUT2D eigenvalue weighted by Gasteiger charge is -1.95. The topological polar surface area (TPSA) is 61.7 Å². The lowest BCUT2D eigenvalue weighted by Crippen LogP contribution is -2.31. The highest BCUT2D eigenvalue weighted by Gasteiger charge is 2.04. The first-order valence-electron chi connectivity index (χ1n) is 4.09. The van der Waals surface area contributed by atoms with Gasteiger partial charge in [0.15, 0.2) is 0 Å². The lowest BCUT2D eigenvalue weighted by atomic mass is 10.1. The Morgan fingerprint density at radius 2 is 2.29 bits per heavy atom. The van der Waals surface area contributed by atoms with Crippen LogP contribution in [-0.4, -0.2) is 17.4 Å². The predicted octanol–water partition coefficient (Wildman–Crippen LogP) is -0.508. The molecular formula is C10H8N2O2. The third-order valence-corrected chi connectivity index (χ3v) is 1.96. The van der Waals surface area contributed by atoms with Crippen LogP contribution in [-0.2, 0) is 0 Å². The normalized spacial score (nSPS) is 12.9. The van der Waals surface area contributed by atoms with Crippen LogP contribution < -0.4 is 15.8 Å². The van der Waals surface area contributed by atoms with Crippen molar-refractivity contribution < 1.29 is 9.90 Å². The Morgan fingerprint density at radius 1 is 1.43 bits per heavy atom. The van der Waals surface area contributed by atoms with E-state index in [4.69, 9.17) is 5.11 Å². The van der Waals surface area contributed by atoms with Gasteiger partial charge < -0.3 is 10.4 Å². The summed E-state index contributed by atoms with van der Waals surface area (Å²) in [4.78, 5) is 14.8. The van der Waals surface area contributed by atoms with Gasteiger partial charge in [-0.2, -0.15) is 0 Å². The monoisotopic (exact) mass is 188 g/mol. The minimum atomic E-state index is -0.935. The van der Waals surface area contributed by atoms with Gasteiger partial charge >= 0.3 is 5.97 Å². The van der Waals surface area contributed by atoms with Gasteiger partial charge in [-0.3, -0.25) is 0 Å². The van der Waals surface area contributed by atoms with E-state index in [2.05, 4.69) is 10.3 Å². The van der Waals surface area contributed by atoms with Gasteiger partial charge in [0.25, 0.3) is 0 Å². The molecule has 1 aromatic rings. The fourth-order valence-corrected chi connectivity index (χ4v) is 1.32. The summed E-state index contributed by atoms with van der Waals surface area (Å²) in [6.07, 6.45) is 4.76. The van der Waals surface area contributed by atoms with Crippen LogP contribution >= 0.6 is 0 Å². The maximum atomic E-state index is 10.9. The van der Waals surface area contributed by atoms with E-state index in [9.17, 15) is 4.79 Å². The van der Waals surface area contributed by atoms with E-state index in [1.165, 1.54) is 6.34 Å². The molecule has 70 valence electrons. The summed E-state index contributed by atoms with van der Waals surface area (Å²) in [5.74, 6) is -0.935. The molecule has 14 heavy (non-hydrogen) atoms. The van der Waals surface area contributed by atoms with Crippen molar-refractivity contribution in [3.05, 3.63) is 34.2 Å². The van der Waals surface area contributed by atoms with Gasteiger partial charge in [0, 0.05) is 22.8 Å². The summed E-state index contributed by atoms with van der Waals surface area (Å²) in [6.45, 7) is 0. The first-order valence-corrected chi connectivity index (χ1v) is 4.09. The molecule has 2 N–H and O–H groups in total. The first-order chi connectivity index (χ1) is 6.79. The van der Waals surface area contributed by atoms with Crippen LogP contribution in [0.1, 0.15) is 10.4 Å². The van der Waals surface area contributed by atoms with Crippen molar-refractivity contribution in [2.24, 2.45) is 4.99 Å². The van der Waals surface area contributed by atoms with Crippen molar-refractivity contribution in [3.8, 4) is 0 Å². The van der Waals surface area contributed by atoms with Gasteiger partial charge in [-0.05, 0) is 6.07 Å². The van der Waals surface area contributed by atoms with Crippen LogP contribution in [0.3, 0.4) is 0 Å². The van der Waals surface area contributed by atoms with Gasteiger partial charge in [-0.15, -0.1) is 0 Å². The highest BCUT2D eigenvalue weighted by atomic mass is 16.4. The standard InChI is InChI=1S/C10H8N2O2/c13-10(14)8-3-1-2-7-4-11-6-12-5-9(7)8/h1-6H,(H,11,12)(H,13,14). The summed E-state index contributed by atoms with van der Waals surface area (Å²) in [5.41, 5.74) is 0.275. The molecule has 0 unspecified atom stereocenters. The van der Waals surface area contributed by atoms with Crippen LogP contribution in [0.2, 0.25) is 0 Å². The van der Waals surface area contributed by atoms with Gasteiger partial charge in [0.2, 0.25) is 0 Å². The Balaban J connectivity index is 2.82. The summed E-state index contributed by atoms with van der Waals surface area (Å²) in [5, 5.41) is 13.2. The van der Waals surface area contributed by atoms with Crippen molar-refractivity contribution in [3.63, 3.8) is 0 Å². The van der Waals surface area contributed by atoms with E-state index in [0.717, 1.165) is 5.22 Å². The molecule has 4 heteroatoms. The van der Waals surface area contributed by atoms with Gasteiger partial charge in [-0.25, -0.2) is 9.79 Å². The van der Waals surface area contributed by atoms with Gasteiger partial charge in [-0.1, -0.05) is 12.1 Å². The number of carboxylic acid groups (broad SMARTS) is 1. The number of fused-ring (bicyclic) bond motifs is 1. The first kappa shape index (κ1) is 8.50. The largest absolute Gasteiger partial charge is 0.478 e. The van der Waals surface area contributed by atoms with E-state index < -0.39 is 5.97 Å². The quantitative estimate of drug-likeness (QED) is 0.624. The second-order valence-corrected chi connectivity index (χ2v) is 2.83. The van der Waals surface area contributed by atoms with Crippen molar-refractivity contribution >= 4 is 24.7 Å². The van der Waals surface area contributed by atoms with Crippen molar-refractivity contribution in [1.82, 2.24) is 5.32 Å². The highest BCUT2D eigenvalue weighted by molar-refractivity contribution is 5.88. The third-order valence-electron chi connectivity index (χ3n) is 1.96. The Morgan fingerprint density at radius 3 is 3.07 bits per heavy atom. The Hall–Kier alpha value is -2.10. The highest BCUT2D eigenvalue weighted by Crippen LogP contribution is 1.88. The molecule has 0 saturated carbocycles. The number of rotatable bonds is 1. The molecule has 1 aliphatic rings. The molecule has 0 radical (unpaired) electrons. The molecular weight excluding hydrogens is 180 g/mol. The van der Waals surface area contributed by atoms with Crippen molar-refractivity contribution in [2.75, 3.05) is 0 Å². The molecule has 0 aliphatic carbocycles. The number of aliphatic imine (C=N–C) groups is 1. The summed E-state index contributed by atoms with van der Waals surface area (Å²) < 4.78 is 0. The zero-order valence-electron chi connectivity index (χ0n) is 7.27. The Bertz CT molecular complexity index is 517. The SMILES string of the molecule is O=C(O)c1cccc2c1=CNC=NC=2. The Labute approximate surface area is 79.9 Å². The predicted molar refractivity (Wildman–Crippen MR) is 53.2 cm³/mol. The minimum absolute atomic E-state index is 0.275. The molecule has 0 saturated heterocycles. The third kappa shape index (κ3) is 1.37. The van der Waals surface area contributed by atoms with E-state index in [-0.39, 0.29) is 5.56 Å². The molecule has 2 rings (SSSR count). The number of nitrogens with zero attached hydrogens (tertiary/aromatic N) is 1. The van der Waals surface area contributed by atoms with Crippen molar-refractivity contribution in [1.29, 1.82) is 0 Å². The van der Waals surface area contributed by atoms with Crippen LogP contribution in [0.15, 0.2) is 23.2 Å². The second kappa shape index (κ2) is 3.33. The molecule has 0 aromatic heterocycles. The lowest BCUT2D eigenvalue weighted by molar-refractivity contribution is 0.0695. The zero-order chi connectivity index (χ0) is 9.97. The molecule has 0 spiro atoms. The number of aromatic carboxylic acids is 1. The molecule has 0 bridgehead atoms. The van der Waals surface area contributed by atoms with Crippen LogP contribution in [0, 0.1) is 0 Å². The number of hydrogen-bond donors (Lipinski definition) is 2. The van der Waals surface area contributed by atoms with Gasteiger partial charge in [0.1, 0.15) is 0 Å². The number of carbonyl (C=O) groups is 1. The molecule has 1 aliphatic heterocycles. The Kier molecular flexibility index (Phi) is 2.02. The second-order valence-electron chi connectivity index (χ2n) is 2.83. The molecule has 1 aromatic carbocycles. The van der Waals surface area contributed by atoms with Crippen LogP contribution in [0.5, 0.6) is 0 Å². The minimum Gasteiger partial charge on any atom is -0.478 e. The maximum Gasteiger partial charge on any atom is 0.336 e.